The van der Waals surface area contributed by atoms with Gasteiger partial charge in [0.25, 0.3) is 0 Å². The Morgan fingerprint density at radius 1 is 1.53 bits per heavy atom. The van der Waals surface area contributed by atoms with Gasteiger partial charge in [0, 0.05) is 6.42 Å². The van der Waals surface area contributed by atoms with Crippen LogP contribution < -0.4 is 0 Å². The third-order valence-electron chi connectivity index (χ3n) is 3.21. The highest BCUT2D eigenvalue weighted by atomic mass is 16.7. The van der Waals surface area contributed by atoms with Gasteiger partial charge in [-0.1, -0.05) is 18.2 Å². The minimum Gasteiger partial charge on any atom is -0.477 e. The van der Waals surface area contributed by atoms with Crippen LogP contribution in [0.15, 0.2) is 23.8 Å². The van der Waals surface area contributed by atoms with Gasteiger partial charge in [0.2, 0.25) is 0 Å². The molecule has 0 saturated carbocycles. The van der Waals surface area contributed by atoms with Crippen molar-refractivity contribution in [3.05, 3.63) is 40.5 Å². The third kappa shape index (κ3) is 2.90. The molecule has 1 N–H and O–H groups in total. The van der Waals surface area contributed by atoms with Gasteiger partial charge >= 0.3 is 5.97 Å². The number of carboxylic acid groups (broad SMARTS) is 1. The van der Waals surface area contributed by atoms with Crippen molar-refractivity contribution in [2.75, 3.05) is 13.4 Å². The Balaban J connectivity index is 2.29. The molecule has 0 bridgehead atoms. The molecule has 0 aromatic heterocycles. The summed E-state index contributed by atoms with van der Waals surface area (Å²) in [6.45, 7) is 2.64. The molecule has 1 aliphatic rings. The van der Waals surface area contributed by atoms with Crippen LogP contribution in [0.4, 0.5) is 0 Å². The van der Waals surface area contributed by atoms with E-state index in [1.54, 1.807) is 6.07 Å². The molecular weight excluding hydrogens is 248 g/mol. The topological polar surface area (TPSA) is 72.8 Å². The van der Waals surface area contributed by atoms with E-state index >= 15 is 0 Å². The largest absolute Gasteiger partial charge is 0.477 e. The van der Waals surface area contributed by atoms with Crippen LogP contribution in [0.1, 0.15) is 22.8 Å². The predicted octanol–water partition coefficient (Wildman–Crippen LogP) is 1.43. The van der Waals surface area contributed by atoms with Crippen molar-refractivity contribution < 1.29 is 24.2 Å². The lowest BCUT2D eigenvalue weighted by atomic mass is 9.95. The number of carboxylic acids is 1. The molecule has 5 heteroatoms. The number of carbonyl (C=O) groups excluding carboxylic acids is 1. The highest BCUT2D eigenvalue weighted by Gasteiger charge is 2.21. The monoisotopic (exact) mass is 262 g/mol. The zero-order valence-electron chi connectivity index (χ0n) is 10.5. The molecule has 1 atom stereocenters. The van der Waals surface area contributed by atoms with Gasteiger partial charge in [0.05, 0.1) is 6.61 Å². The molecule has 0 aliphatic carbocycles. The van der Waals surface area contributed by atoms with Crippen LogP contribution in [0.5, 0.6) is 0 Å². The number of rotatable bonds is 4. The van der Waals surface area contributed by atoms with Crippen LogP contribution in [-0.2, 0) is 25.5 Å². The average Bonchev–Trinajstić information content (AvgIpc) is 2.91. The summed E-state index contributed by atoms with van der Waals surface area (Å²) >= 11 is 0. The van der Waals surface area contributed by atoms with Gasteiger partial charge in [-0.2, -0.15) is 0 Å². The molecular formula is C14H14O5. The minimum absolute atomic E-state index is 0.0616. The van der Waals surface area contributed by atoms with E-state index in [1.165, 1.54) is 5.94 Å². The lowest BCUT2D eigenvalue weighted by Gasteiger charge is -2.14. The van der Waals surface area contributed by atoms with Crippen molar-refractivity contribution in [3.8, 4) is 0 Å². The first-order valence-corrected chi connectivity index (χ1v) is 5.88. The summed E-state index contributed by atoms with van der Waals surface area (Å²) in [5.41, 5.74) is 2.40. The van der Waals surface area contributed by atoms with Crippen molar-refractivity contribution in [2.24, 2.45) is 0 Å². The Kier molecular flexibility index (Phi) is 4.12. The molecule has 5 nitrogen and oxygen atoms in total. The molecule has 1 unspecified atom stereocenters. The quantitative estimate of drug-likeness (QED) is 0.656. The van der Waals surface area contributed by atoms with E-state index < -0.39 is 5.97 Å². The number of benzene rings is 1. The SMILES string of the molecule is Cc1c(CC(=C=O)C(=O)O)cccc1C1COCO1. The molecule has 1 aromatic rings. The summed E-state index contributed by atoms with van der Waals surface area (Å²) in [4.78, 5) is 21.5. The maximum atomic E-state index is 10.8. The molecule has 2 rings (SSSR count). The third-order valence-corrected chi connectivity index (χ3v) is 3.21. The summed E-state index contributed by atoms with van der Waals surface area (Å²) < 4.78 is 10.6. The van der Waals surface area contributed by atoms with Gasteiger partial charge in [-0.05, 0) is 23.6 Å². The summed E-state index contributed by atoms with van der Waals surface area (Å²) in [7, 11) is 0. The van der Waals surface area contributed by atoms with E-state index in [-0.39, 0.29) is 24.9 Å². The van der Waals surface area contributed by atoms with E-state index in [1.807, 2.05) is 19.1 Å². The molecule has 1 fully saturated rings. The molecule has 19 heavy (non-hydrogen) atoms. The fourth-order valence-electron chi connectivity index (χ4n) is 2.10. The molecule has 100 valence electrons. The predicted molar refractivity (Wildman–Crippen MR) is 66.4 cm³/mol. The fraction of sp³-hybridized carbons (Fsp3) is 0.357. The number of aliphatic carboxylic acids is 1. The van der Waals surface area contributed by atoms with Gasteiger partial charge in [0.15, 0.2) is 0 Å². The second-order valence-electron chi connectivity index (χ2n) is 4.34. The summed E-state index contributed by atoms with van der Waals surface area (Å²) in [6, 6.07) is 5.54. The van der Waals surface area contributed by atoms with Crippen LogP contribution in [0.25, 0.3) is 0 Å². The van der Waals surface area contributed by atoms with Crippen molar-refractivity contribution >= 4 is 11.9 Å². The Hall–Kier alpha value is -1.94. The summed E-state index contributed by atoms with van der Waals surface area (Å²) in [6.07, 6.45) is -0.0695. The van der Waals surface area contributed by atoms with E-state index in [4.69, 9.17) is 14.6 Å². The van der Waals surface area contributed by atoms with Crippen LogP contribution >= 0.6 is 0 Å². The van der Waals surface area contributed by atoms with E-state index in [0.29, 0.717) is 6.61 Å². The van der Waals surface area contributed by atoms with Crippen LogP contribution in [0.2, 0.25) is 0 Å². The minimum atomic E-state index is -1.24. The van der Waals surface area contributed by atoms with Crippen molar-refractivity contribution in [2.45, 2.75) is 19.4 Å². The van der Waals surface area contributed by atoms with Crippen molar-refractivity contribution in [1.29, 1.82) is 0 Å². The van der Waals surface area contributed by atoms with Crippen LogP contribution in [-0.4, -0.2) is 30.4 Å². The Bertz CT molecular complexity index is 537. The Morgan fingerprint density at radius 3 is 2.89 bits per heavy atom. The summed E-state index contributed by atoms with van der Waals surface area (Å²) in [5.74, 6) is 0.242. The highest BCUT2D eigenvalue weighted by molar-refractivity contribution is 5.95. The molecule has 1 aromatic carbocycles. The van der Waals surface area contributed by atoms with Gasteiger partial charge in [-0.25, -0.2) is 9.59 Å². The Labute approximate surface area is 110 Å². The molecule has 1 saturated heterocycles. The zero-order chi connectivity index (χ0) is 13.8. The zero-order valence-corrected chi connectivity index (χ0v) is 10.5. The smallest absolute Gasteiger partial charge is 0.343 e. The average molecular weight is 262 g/mol. The Morgan fingerprint density at radius 2 is 2.32 bits per heavy atom. The maximum Gasteiger partial charge on any atom is 0.343 e. The van der Waals surface area contributed by atoms with E-state index in [2.05, 4.69) is 0 Å². The normalized spacial score (nSPS) is 18.1. The first-order valence-electron chi connectivity index (χ1n) is 5.88. The number of carbonyl (C=O) groups is 1. The summed E-state index contributed by atoms with van der Waals surface area (Å²) in [5, 5.41) is 8.86. The van der Waals surface area contributed by atoms with Crippen LogP contribution in [0.3, 0.4) is 0 Å². The molecule has 1 heterocycles. The molecule has 0 spiro atoms. The lowest BCUT2D eigenvalue weighted by Crippen LogP contribution is -2.08. The second-order valence-corrected chi connectivity index (χ2v) is 4.34. The standard InChI is InChI=1S/C14H14O5/c1-9-10(5-11(6-15)14(16)17)3-2-4-12(9)13-7-18-8-19-13/h2-4,13H,5,7-8H2,1H3,(H,16,17). The first kappa shape index (κ1) is 13.5. The van der Waals surface area contributed by atoms with Gasteiger partial charge < -0.3 is 14.6 Å². The van der Waals surface area contributed by atoms with Gasteiger partial charge in [-0.3, -0.25) is 0 Å². The highest BCUT2D eigenvalue weighted by Crippen LogP contribution is 2.28. The van der Waals surface area contributed by atoms with E-state index in [0.717, 1.165) is 16.7 Å². The van der Waals surface area contributed by atoms with E-state index in [9.17, 15) is 9.59 Å². The van der Waals surface area contributed by atoms with Crippen LogP contribution in [0, 0.1) is 6.92 Å². The number of ether oxygens (including phenoxy) is 2. The second kappa shape index (κ2) is 5.80. The molecule has 1 aliphatic heterocycles. The lowest BCUT2D eigenvalue weighted by molar-refractivity contribution is -0.132. The maximum absolute atomic E-state index is 10.8. The van der Waals surface area contributed by atoms with Gasteiger partial charge in [0.1, 0.15) is 24.4 Å². The fourth-order valence-corrected chi connectivity index (χ4v) is 2.10. The number of hydrogen-bond donors (Lipinski definition) is 1. The van der Waals surface area contributed by atoms with Gasteiger partial charge in [-0.15, -0.1) is 0 Å². The first-order chi connectivity index (χ1) is 9.13. The molecule has 0 radical (unpaired) electrons. The van der Waals surface area contributed by atoms with Crippen molar-refractivity contribution in [3.63, 3.8) is 0 Å². The molecule has 0 amide bonds. The number of hydrogen-bond acceptors (Lipinski definition) is 4. The van der Waals surface area contributed by atoms with Crippen molar-refractivity contribution in [1.82, 2.24) is 0 Å².